The molecule has 8 heteroatoms. The van der Waals surface area contributed by atoms with Crippen LogP contribution in [0.1, 0.15) is 46.5 Å². The minimum Gasteiger partial charge on any atom is -0.384 e. The number of urea groups is 1. The molecule has 4 amide bonds. The summed E-state index contributed by atoms with van der Waals surface area (Å²) in [7, 11) is 0. The van der Waals surface area contributed by atoms with E-state index in [2.05, 4.69) is 36.4 Å². The average molecular weight is 373 g/mol. The van der Waals surface area contributed by atoms with Crippen molar-refractivity contribution in [3.05, 3.63) is 18.3 Å². The monoisotopic (exact) mass is 373 g/mol. The van der Waals surface area contributed by atoms with Gasteiger partial charge in [0.2, 0.25) is 5.91 Å². The Morgan fingerprint density at radius 3 is 2.56 bits per heavy atom. The Balaban J connectivity index is 1.63. The van der Waals surface area contributed by atoms with E-state index in [4.69, 9.17) is 5.73 Å². The van der Waals surface area contributed by atoms with Crippen LogP contribution >= 0.6 is 0 Å². The number of rotatable bonds is 3. The SMILES string of the molecule is CC(C)(C)C1CCC2(CC1)NC(=O)N(CC(=O)Nc1ccc(N)nc1)C2=O. The lowest BCUT2D eigenvalue weighted by molar-refractivity contribution is -0.135. The van der Waals surface area contributed by atoms with Gasteiger partial charge >= 0.3 is 6.03 Å². The Kier molecular flexibility index (Phi) is 4.84. The number of hydrogen-bond donors (Lipinski definition) is 3. The number of amides is 4. The van der Waals surface area contributed by atoms with Crippen molar-refractivity contribution in [2.75, 3.05) is 17.6 Å². The molecule has 1 aromatic heterocycles. The van der Waals surface area contributed by atoms with Crippen molar-refractivity contribution in [3.63, 3.8) is 0 Å². The van der Waals surface area contributed by atoms with Crippen LogP contribution in [0.4, 0.5) is 16.3 Å². The van der Waals surface area contributed by atoms with Gasteiger partial charge in [-0.1, -0.05) is 20.8 Å². The highest BCUT2D eigenvalue weighted by Gasteiger charge is 2.53. The second kappa shape index (κ2) is 6.83. The fourth-order valence-corrected chi connectivity index (χ4v) is 3.96. The number of nitrogens with zero attached hydrogens (tertiary/aromatic N) is 2. The highest BCUT2D eigenvalue weighted by atomic mass is 16.2. The van der Waals surface area contributed by atoms with Crippen molar-refractivity contribution in [1.29, 1.82) is 0 Å². The maximum atomic E-state index is 12.9. The predicted octanol–water partition coefficient (Wildman–Crippen LogP) is 2.13. The van der Waals surface area contributed by atoms with Gasteiger partial charge in [-0.15, -0.1) is 0 Å². The minimum atomic E-state index is -0.859. The van der Waals surface area contributed by atoms with E-state index in [1.54, 1.807) is 12.1 Å². The molecule has 8 nitrogen and oxygen atoms in total. The Hall–Kier alpha value is -2.64. The topological polar surface area (TPSA) is 117 Å². The van der Waals surface area contributed by atoms with E-state index in [0.717, 1.165) is 17.7 Å². The summed E-state index contributed by atoms with van der Waals surface area (Å²) >= 11 is 0. The molecular weight excluding hydrogens is 346 g/mol. The van der Waals surface area contributed by atoms with E-state index in [1.807, 2.05) is 0 Å². The van der Waals surface area contributed by atoms with E-state index in [9.17, 15) is 14.4 Å². The van der Waals surface area contributed by atoms with E-state index >= 15 is 0 Å². The summed E-state index contributed by atoms with van der Waals surface area (Å²) in [5.74, 6) is 0.106. The lowest BCUT2D eigenvalue weighted by Crippen LogP contribution is -2.50. The van der Waals surface area contributed by atoms with Gasteiger partial charge in [0.1, 0.15) is 17.9 Å². The molecule has 2 fully saturated rings. The van der Waals surface area contributed by atoms with Crippen LogP contribution in [0.25, 0.3) is 0 Å². The second-order valence-corrected chi connectivity index (χ2v) is 8.56. The second-order valence-electron chi connectivity index (χ2n) is 8.56. The number of aromatic nitrogens is 1. The highest BCUT2D eigenvalue weighted by molar-refractivity contribution is 6.10. The van der Waals surface area contributed by atoms with Crippen molar-refractivity contribution in [2.45, 2.75) is 52.0 Å². The molecule has 0 aromatic carbocycles. The van der Waals surface area contributed by atoms with Crippen LogP contribution in [-0.2, 0) is 9.59 Å². The standard InChI is InChI=1S/C19H27N5O3/c1-18(2,3)12-6-8-19(9-7-12)16(26)24(17(27)23-19)11-15(25)22-13-4-5-14(20)21-10-13/h4-5,10,12H,6-9,11H2,1-3H3,(H2,20,21)(H,22,25)(H,23,27). The summed E-state index contributed by atoms with van der Waals surface area (Å²) in [6.45, 7) is 6.29. The van der Waals surface area contributed by atoms with Crippen molar-refractivity contribution < 1.29 is 14.4 Å². The first-order valence-corrected chi connectivity index (χ1v) is 9.26. The van der Waals surface area contributed by atoms with Crippen LogP contribution < -0.4 is 16.4 Å². The number of hydrogen-bond acceptors (Lipinski definition) is 5. The highest BCUT2D eigenvalue weighted by Crippen LogP contribution is 2.43. The van der Waals surface area contributed by atoms with Gasteiger partial charge < -0.3 is 16.4 Å². The zero-order valence-electron chi connectivity index (χ0n) is 16.0. The van der Waals surface area contributed by atoms with E-state index in [-0.39, 0.29) is 17.9 Å². The molecule has 146 valence electrons. The Morgan fingerprint density at radius 2 is 2.00 bits per heavy atom. The number of pyridine rings is 1. The minimum absolute atomic E-state index is 0.181. The van der Waals surface area contributed by atoms with Crippen molar-refractivity contribution in [1.82, 2.24) is 15.2 Å². The van der Waals surface area contributed by atoms with Crippen LogP contribution in [0.5, 0.6) is 0 Å². The number of imide groups is 1. The number of nitrogen functional groups attached to an aromatic ring is 1. The number of nitrogens with one attached hydrogen (secondary N) is 2. The van der Waals surface area contributed by atoms with Gasteiger partial charge in [0, 0.05) is 0 Å². The van der Waals surface area contributed by atoms with Gasteiger partial charge in [-0.3, -0.25) is 14.5 Å². The lowest BCUT2D eigenvalue weighted by atomic mass is 9.67. The molecule has 0 atom stereocenters. The Labute approximate surface area is 158 Å². The number of carbonyl (C=O) groups is 3. The smallest absolute Gasteiger partial charge is 0.325 e. The van der Waals surface area contributed by atoms with Crippen LogP contribution in [0.3, 0.4) is 0 Å². The van der Waals surface area contributed by atoms with E-state index in [1.165, 1.54) is 6.20 Å². The van der Waals surface area contributed by atoms with Gasteiger partial charge in [-0.05, 0) is 49.1 Å². The zero-order valence-corrected chi connectivity index (χ0v) is 16.0. The first-order valence-electron chi connectivity index (χ1n) is 9.26. The number of carbonyl (C=O) groups excluding carboxylic acids is 3. The van der Waals surface area contributed by atoms with Gasteiger partial charge in [0.15, 0.2) is 0 Å². The average Bonchev–Trinajstić information content (AvgIpc) is 2.81. The maximum absolute atomic E-state index is 12.9. The molecule has 0 bridgehead atoms. The molecule has 1 saturated carbocycles. The van der Waals surface area contributed by atoms with Gasteiger partial charge in [-0.25, -0.2) is 9.78 Å². The molecule has 0 radical (unpaired) electrons. The number of nitrogens with two attached hydrogens (primary N) is 1. The fourth-order valence-electron chi connectivity index (χ4n) is 3.96. The summed E-state index contributed by atoms with van der Waals surface area (Å²) in [5.41, 5.74) is 5.29. The molecule has 27 heavy (non-hydrogen) atoms. The molecule has 1 saturated heterocycles. The largest absolute Gasteiger partial charge is 0.384 e. The van der Waals surface area contributed by atoms with Crippen LogP contribution in [0, 0.1) is 11.3 Å². The third kappa shape index (κ3) is 3.89. The van der Waals surface area contributed by atoms with E-state index < -0.39 is 17.5 Å². The van der Waals surface area contributed by atoms with Crippen molar-refractivity contribution in [2.24, 2.45) is 11.3 Å². The molecule has 2 aliphatic rings. The Morgan fingerprint density at radius 1 is 1.33 bits per heavy atom. The van der Waals surface area contributed by atoms with Crippen LogP contribution in [0.15, 0.2) is 18.3 Å². The van der Waals surface area contributed by atoms with E-state index in [0.29, 0.717) is 30.3 Å². The summed E-state index contributed by atoms with van der Waals surface area (Å²) < 4.78 is 0. The maximum Gasteiger partial charge on any atom is 0.325 e. The summed E-state index contributed by atoms with van der Waals surface area (Å²) in [6.07, 6.45) is 4.41. The third-order valence-electron chi connectivity index (χ3n) is 5.68. The Bertz CT molecular complexity index is 746. The van der Waals surface area contributed by atoms with Gasteiger partial charge in [0.25, 0.3) is 5.91 Å². The van der Waals surface area contributed by atoms with Gasteiger partial charge in [-0.2, -0.15) is 0 Å². The molecule has 1 aliphatic carbocycles. The molecule has 4 N–H and O–H groups in total. The number of anilines is 2. The normalized spacial score (nSPS) is 25.6. The quantitative estimate of drug-likeness (QED) is 0.702. The molecule has 1 aliphatic heterocycles. The molecule has 1 spiro atoms. The third-order valence-corrected chi connectivity index (χ3v) is 5.68. The van der Waals surface area contributed by atoms with Gasteiger partial charge in [0.05, 0.1) is 11.9 Å². The molecular formula is C19H27N5O3. The van der Waals surface area contributed by atoms with Crippen molar-refractivity contribution in [3.8, 4) is 0 Å². The zero-order chi connectivity index (χ0) is 19.8. The predicted molar refractivity (Wildman–Crippen MR) is 102 cm³/mol. The summed E-state index contributed by atoms with van der Waals surface area (Å²) in [6, 6.07) is 2.67. The summed E-state index contributed by atoms with van der Waals surface area (Å²) in [4.78, 5) is 42.4. The summed E-state index contributed by atoms with van der Waals surface area (Å²) in [5, 5.41) is 5.47. The first-order chi connectivity index (χ1) is 12.6. The first kappa shape index (κ1) is 19.1. The van der Waals surface area contributed by atoms with Crippen molar-refractivity contribution >= 4 is 29.4 Å². The molecule has 2 heterocycles. The molecule has 0 unspecified atom stereocenters. The van der Waals surface area contributed by atoms with Crippen LogP contribution in [0.2, 0.25) is 0 Å². The molecule has 3 rings (SSSR count). The van der Waals surface area contributed by atoms with Crippen LogP contribution in [-0.4, -0.2) is 39.8 Å². The molecule has 1 aromatic rings. The lowest BCUT2D eigenvalue weighted by Gasteiger charge is -2.40. The fraction of sp³-hybridized carbons (Fsp3) is 0.579.